The molecule has 8 atom stereocenters. The van der Waals surface area contributed by atoms with Gasteiger partial charge in [0.15, 0.2) is 5.78 Å². The highest BCUT2D eigenvalue weighted by atomic mass is 16.5. The molecule has 0 radical (unpaired) electrons. The molecule has 6 heteroatoms. The first-order valence-corrected chi connectivity index (χ1v) is 14.0. The standard InChI is InChI=1S/C31H44N2O4/c1-26(2)10-12-31(33-25(35)37-7)13-11-29(5)24(20(31)17-26)21(34)14-23-27(3)15-19(18-32)16-30(6,36)22(27)8-9-28(23,29)4/h14-15,20,22,24,36H,8-13,16-17H2,1-7H3,(H,33,35)/t20?,22?,24?,27-,28+,29+,30+,31-/m0/s1. The zero-order valence-electron chi connectivity index (χ0n) is 23.7. The van der Waals surface area contributed by atoms with E-state index in [4.69, 9.17) is 4.74 Å². The Morgan fingerprint density at radius 3 is 2.43 bits per heavy atom. The van der Waals surface area contributed by atoms with E-state index in [1.807, 2.05) is 13.0 Å². The minimum Gasteiger partial charge on any atom is -0.453 e. The maximum absolute atomic E-state index is 14.4. The summed E-state index contributed by atoms with van der Waals surface area (Å²) >= 11 is 0. The molecule has 0 saturated heterocycles. The topological polar surface area (TPSA) is 99.4 Å². The summed E-state index contributed by atoms with van der Waals surface area (Å²) in [5.41, 5.74) is -0.722. The van der Waals surface area contributed by atoms with Crippen molar-refractivity contribution in [2.45, 2.75) is 104 Å². The first-order valence-electron chi connectivity index (χ1n) is 14.0. The van der Waals surface area contributed by atoms with Gasteiger partial charge in [-0.1, -0.05) is 46.3 Å². The van der Waals surface area contributed by atoms with Crippen molar-refractivity contribution < 1.29 is 19.4 Å². The van der Waals surface area contributed by atoms with Gasteiger partial charge in [-0.25, -0.2) is 4.79 Å². The van der Waals surface area contributed by atoms with Crippen LogP contribution in [0.1, 0.15) is 92.9 Å². The number of rotatable bonds is 1. The molecule has 0 aromatic heterocycles. The number of nitriles is 1. The SMILES string of the molecule is COC(=O)N[C@]12CCC(C)(C)CC1C1C(=O)C=C3[C@@]4(C)C=C(C#N)C[C@@](C)(O)C4CC[C@@]3(C)[C@]1(C)CC2. The number of hydrogen-bond acceptors (Lipinski definition) is 5. The molecule has 6 nitrogen and oxygen atoms in total. The third-order valence-corrected chi connectivity index (χ3v) is 12.0. The third-order valence-electron chi connectivity index (χ3n) is 12.0. The van der Waals surface area contributed by atoms with E-state index in [0.717, 1.165) is 50.5 Å². The molecule has 5 aliphatic rings. The van der Waals surface area contributed by atoms with Crippen molar-refractivity contribution in [1.82, 2.24) is 5.32 Å². The average molecular weight is 509 g/mol. The summed E-state index contributed by atoms with van der Waals surface area (Å²) in [5.74, 6) is -0.0640. The van der Waals surface area contributed by atoms with Gasteiger partial charge in [-0.2, -0.15) is 5.26 Å². The number of allylic oxidation sites excluding steroid dienone is 3. The number of alkyl carbamates (subject to hydrolysis) is 1. The normalized spacial score (nSPS) is 48.1. The van der Waals surface area contributed by atoms with Crippen molar-refractivity contribution in [2.24, 2.45) is 39.4 Å². The van der Waals surface area contributed by atoms with Crippen LogP contribution in [0.3, 0.4) is 0 Å². The lowest BCUT2D eigenvalue weighted by atomic mass is 9.35. The predicted octanol–water partition coefficient (Wildman–Crippen LogP) is 5.86. The van der Waals surface area contributed by atoms with Crippen molar-refractivity contribution in [1.29, 1.82) is 5.26 Å². The monoisotopic (exact) mass is 508 g/mol. The molecule has 37 heavy (non-hydrogen) atoms. The lowest BCUT2D eigenvalue weighted by Crippen LogP contribution is -2.69. The molecule has 0 aromatic carbocycles. The predicted molar refractivity (Wildman–Crippen MR) is 141 cm³/mol. The van der Waals surface area contributed by atoms with E-state index in [1.54, 1.807) is 0 Å². The number of carbonyl (C=O) groups is 2. The van der Waals surface area contributed by atoms with Gasteiger partial charge in [-0.3, -0.25) is 4.79 Å². The van der Waals surface area contributed by atoms with Crippen LogP contribution >= 0.6 is 0 Å². The maximum atomic E-state index is 14.4. The summed E-state index contributed by atoms with van der Waals surface area (Å²) < 4.78 is 5.05. The second-order valence-corrected chi connectivity index (χ2v) is 14.6. The van der Waals surface area contributed by atoms with Crippen LogP contribution in [0, 0.1) is 50.7 Å². The fourth-order valence-electron chi connectivity index (χ4n) is 9.99. The molecule has 0 bridgehead atoms. The summed E-state index contributed by atoms with van der Waals surface area (Å²) in [4.78, 5) is 26.9. The van der Waals surface area contributed by atoms with Crippen molar-refractivity contribution >= 4 is 11.9 Å². The minimum atomic E-state index is -0.989. The zero-order valence-corrected chi connectivity index (χ0v) is 23.7. The van der Waals surface area contributed by atoms with E-state index in [0.29, 0.717) is 12.0 Å². The van der Waals surface area contributed by atoms with Crippen LogP contribution in [-0.2, 0) is 9.53 Å². The van der Waals surface area contributed by atoms with Crippen molar-refractivity contribution in [3.63, 3.8) is 0 Å². The molecule has 3 saturated carbocycles. The summed E-state index contributed by atoms with van der Waals surface area (Å²) in [6, 6.07) is 2.31. The number of methoxy groups -OCH3 is 1. The number of fused-ring (bicyclic) bond motifs is 7. The number of nitrogens with zero attached hydrogens (tertiary/aromatic N) is 1. The van der Waals surface area contributed by atoms with Crippen molar-refractivity contribution in [3.05, 3.63) is 23.3 Å². The van der Waals surface area contributed by atoms with E-state index in [1.165, 1.54) is 7.11 Å². The van der Waals surface area contributed by atoms with Gasteiger partial charge in [0.25, 0.3) is 0 Å². The fourth-order valence-corrected chi connectivity index (χ4v) is 9.99. The molecule has 0 aliphatic heterocycles. The second kappa shape index (κ2) is 7.94. The van der Waals surface area contributed by atoms with Crippen LogP contribution in [0.2, 0.25) is 0 Å². The number of carbonyl (C=O) groups excluding carboxylic acids is 2. The Morgan fingerprint density at radius 1 is 1.11 bits per heavy atom. The van der Waals surface area contributed by atoms with Gasteiger partial charge in [0.05, 0.1) is 18.8 Å². The van der Waals surface area contributed by atoms with Gasteiger partial charge >= 0.3 is 6.09 Å². The van der Waals surface area contributed by atoms with Gasteiger partial charge in [-0.05, 0) is 80.1 Å². The molecule has 3 fully saturated rings. The van der Waals surface area contributed by atoms with Gasteiger partial charge in [0.2, 0.25) is 0 Å². The molecule has 0 spiro atoms. The highest BCUT2D eigenvalue weighted by Gasteiger charge is 2.69. The molecule has 202 valence electrons. The average Bonchev–Trinajstić information content (AvgIpc) is 2.80. The fraction of sp³-hybridized carbons (Fsp3) is 0.774. The molecule has 3 unspecified atom stereocenters. The first kappa shape index (κ1) is 26.5. The Kier molecular flexibility index (Phi) is 5.68. The number of amides is 1. The molecule has 0 heterocycles. The lowest BCUT2D eigenvalue weighted by molar-refractivity contribution is -0.163. The molecular formula is C31H44N2O4. The quantitative estimate of drug-likeness (QED) is 0.462. The Hall–Kier alpha value is -2.13. The van der Waals surface area contributed by atoms with Gasteiger partial charge < -0.3 is 15.2 Å². The van der Waals surface area contributed by atoms with E-state index in [2.05, 4.69) is 52.1 Å². The largest absolute Gasteiger partial charge is 0.453 e. The van der Waals surface area contributed by atoms with E-state index in [9.17, 15) is 20.0 Å². The highest BCUT2D eigenvalue weighted by molar-refractivity contribution is 5.95. The summed E-state index contributed by atoms with van der Waals surface area (Å²) in [6.07, 6.45) is 10.1. The van der Waals surface area contributed by atoms with Crippen LogP contribution in [0.15, 0.2) is 23.3 Å². The maximum Gasteiger partial charge on any atom is 0.407 e. The van der Waals surface area contributed by atoms with Crippen molar-refractivity contribution in [2.75, 3.05) is 7.11 Å². The minimum absolute atomic E-state index is 0.0291. The highest BCUT2D eigenvalue weighted by Crippen LogP contribution is 2.72. The van der Waals surface area contributed by atoms with Gasteiger partial charge in [0.1, 0.15) is 0 Å². The number of nitrogens with one attached hydrogen (secondary N) is 1. The molecule has 0 aromatic rings. The molecule has 5 rings (SSSR count). The number of ketones is 1. The summed E-state index contributed by atoms with van der Waals surface area (Å²) in [5, 5.41) is 24.5. The van der Waals surface area contributed by atoms with Gasteiger partial charge in [-0.15, -0.1) is 0 Å². The van der Waals surface area contributed by atoms with E-state index < -0.39 is 22.6 Å². The third kappa shape index (κ3) is 3.52. The summed E-state index contributed by atoms with van der Waals surface area (Å²) in [6.45, 7) is 13.2. The number of hydrogen-bond donors (Lipinski definition) is 2. The van der Waals surface area contributed by atoms with E-state index >= 15 is 0 Å². The van der Waals surface area contributed by atoms with Crippen LogP contribution in [-0.4, -0.2) is 35.2 Å². The van der Waals surface area contributed by atoms with Crippen LogP contribution < -0.4 is 5.32 Å². The summed E-state index contributed by atoms with van der Waals surface area (Å²) in [7, 11) is 1.41. The van der Waals surface area contributed by atoms with E-state index in [-0.39, 0.29) is 39.8 Å². The lowest BCUT2D eigenvalue weighted by Gasteiger charge is -2.69. The second-order valence-electron chi connectivity index (χ2n) is 14.6. The molecule has 5 aliphatic carbocycles. The van der Waals surface area contributed by atoms with Crippen LogP contribution in [0.4, 0.5) is 4.79 Å². The van der Waals surface area contributed by atoms with Crippen LogP contribution in [0.5, 0.6) is 0 Å². The smallest absolute Gasteiger partial charge is 0.407 e. The van der Waals surface area contributed by atoms with Crippen molar-refractivity contribution in [3.8, 4) is 6.07 Å². The van der Waals surface area contributed by atoms with Crippen LogP contribution in [0.25, 0.3) is 0 Å². The Labute approximate surface area is 221 Å². The Balaban J connectivity index is 1.66. The Bertz CT molecular complexity index is 1140. The number of aliphatic hydroxyl groups is 1. The Morgan fingerprint density at radius 2 is 1.78 bits per heavy atom. The number of ether oxygens (including phenoxy) is 1. The first-order chi connectivity index (χ1) is 17.1. The van der Waals surface area contributed by atoms with Gasteiger partial charge in [0, 0.05) is 34.8 Å². The zero-order chi connectivity index (χ0) is 27.2. The molecule has 2 N–H and O–H groups in total. The molecular weight excluding hydrogens is 464 g/mol. The molecule has 1 amide bonds.